The molecule has 0 spiro atoms. The molecule has 0 atom stereocenters. The summed E-state index contributed by atoms with van der Waals surface area (Å²) in [6, 6.07) is 18.4. The molecule has 0 fully saturated rings. The molecule has 3 amide bonds. The van der Waals surface area contributed by atoms with Gasteiger partial charge in [-0.25, -0.2) is 4.79 Å². The van der Waals surface area contributed by atoms with Crippen LogP contribution in [0.4, 0.5) is 10.5 Å². The van der Waals surface area contributed by atoms with Crippen molar-refractivity contribution in [2.24, 2.45) is 0 Å². The van der Waals surface area contributed by atoms with Gasteiger partial charge in [0.2, 0.25) is 5.91 Å². The van der Waals surface area contributed by atoms with Crippen molar-refractivity contribution in [3.63, 3.8) is 0 Å². The van der Waals surface area contributed by atoms with E-state index in [-0.39, 0.29) is 12.5 Å². The Bertz CT molecular complexity index is 672. The average molecular weight is 323 g/mol. The molecule has 2 aromatic carbocycles. The third-order valence-corrected chi connectivity index (χ3v) is 3.35. The summed E-state index contributed by atoms with van der Waals surface area (Å²) in [4.78, 5) is 25.8. The number of urea groups is 1. The van der Waals surface area contributed by atoms with E-state index in [9.17, 15) is 9.59 Å². The second-order valence-corrected chi connectivity index (χ2v) is 5.22. The quantitative estimate of drug-likeness (QED) is 0.769. The Labute approximate surface area is 142 Å². The predicted molar refractivity (Wildman–Crippen MR) is 95.5 cm³/mol. The molecule has 0 unspecified atom stereocenters. The second-order valence-electron chi connectivity index (χ2n) is 5.22. The highest BCUT2D eigenvalue weighted by Gasteiger charge is 2.13. The van der Waals surface area contributed by atoms with Gasteiger partial charge in [-0.1, -0.05) is 54.6 Å². The van der Waals surface area contributed by atoms with Gasteiger partial charge in [-0.2, -0.15) is 0 Å². The van der Waals surface area contributed by atoms with E-state index in [0.717, 1.165) is 5.56 Å². The summed E-state index contributed by atoms with van der Waals surface area (Å²) in [7, 11) is 0. The fourth-order valence-electron chi connectivity index (χ4n) is 2.18. The molecule has 0 bridgehead atoms. The highest BCUT2D eigenvalue weighted by molar-refractivity contribution is 5.92. The Hall–Kier alpha value is -3.08. The van der Waals surface area contributed by atoms with E-state index in [0.29, 0.717) is 18.8 Å². The van der Waals surface area contributed by atoms with Crippen molar-refractivity contribution < 1.29 is 9.59 Å². The summed E-state index contributed by atoms with van der Waals surface area (Å²) in [6.07, 6.45) is 1.67. The monoisotopic (exact) mass is 323 g/mol. The maximum Gasteiger partial charge on any atom is 0.319 e. The average Bonchev–Trinajstić information content (AvgIpc) is 2.61. The standard InChI is InChI=1S/C19H21N3O2/c1-2-13-22(15-16-9-5-3-6-10-16)18(23)14-20-19(24)21-17-11-7-4-8-12-17/h2-12H,1,13-15H2,(H2,20,21,24). The third-order valence-electron chi connectivity index (χ3n) is 3.35. The number of nitrogens with one attached hydrogen (secondary N) is 2. The fraction of sp³-hybridized carbons (Fsp3) is 0.158. The summed E-state index contributed by atoms with van der Waals surface area (Å²) < 4.78 is 0. The molecule has 2 aromatic rings. The molecule has 0 saturated heterocycles. The third kappa shape index (κ3) is 5.61. The number of hydrogen-bond acceptors (Lipinski definition) is 2. The summed E-state index contributed by atoms with van der Waals surface area (Å²) in [5.74, 6) is -0.165. The Morgan fingerprint density at radius 3 is 2.25 bits per heavy atom. The number of anilines is 1. The number of hydrogen-bond donors (Lipinski definition) is 2. The molecule has 0 aromatic heterocycles. The molecule has 124 valence electrons. The zero-order valence-electron chi connectivity index (χ0n) is 13.4. The number of rotatable bonds is 7. The topological polar surface area (TPSA) is 61.4 Å². The van der Waals surface area contributed by atoms with Crippen LogP contribution >= 0.6 is 0 Å². The van der Waals surface area contributed by atoms with Gasteiger partial charge in [0.25, 0.3) is 0 Å². The molecule has 2 N–H and O–H groups in total. The molecule has 2 rings (SSSR count). The van der Waals surface area contributed by atoms with Crippen molar-refractivity contribution in [3.05, 3.63) is 78.9 Å². The summed E-state index contributed by atoms with van der Waals surface area (Å²) in [5.41, 5.74) is 1.70. The summed E-state index contributed by atoms with van der Waals surface area (Å²) >= 11 is 0. The van der Waals surface area contributed by atoms with E-state index >= 15 is 0 Å². The molecular weight excluding hydrogens is 302 g/mol. The Balaban J connectivity index is 1.86. The fourth-order valence-corrected chi connectivity index (χ4v) is 2.18. The molecule has 5 nitrogen and oxygen atoms in total. The second kappa shape index (κ2) is 9.15. The van der Waals surface area contributed by atoms with Crippen LogP contribution in [0.3, 0.4) is 0 Å². The minimum Gasteiger partial charge on any atom is -0.333 e. The van der Waals surface area contributed by atoms with Crippen molar-refractivity contribution in [1.29, 1.82) is 0 Å². The Morgan fingerprint density at radius 1 is 1.00 bits per heavy atom. The van der Waals surface area contributed by atoms with Crippen molar-refractivity contribution in [3.8, 4) is 0 Å². The summed E-state index contributed by atoms with van der Waals surface area (Å²) in [5, 5.41) is 5.26. The summed E-state index contributed by atoms with van der Waals surface area (Å²) in [6.45, 7) is 4.52. The lowest BCUT2D eigenvalue weighted by atomic mass is 10.2. The van der Waals surface area contributed by atoms with Gasteiger partial charge in [0.1, 0.15) is 0 Å². The highest BCUT2D eigenvalue weighted by Crippen LogP contribution is 2.06. The van der Waals surface area contributed by atoms with Gasteiger partial charge in [0, 0.05) is 18.8 Å². The largest absolute Gasteiger partial charge is 0.333 e. The van der Waals surface area contributed by atoms with E-state index < -0.39 is 6.03 Å². The normalized spacial score (nSPS) is 9.83. The van der Waals surface area contributed by atoms with E-state index in [1.807, 2.05) is 48.5 Å². The van der Waals surface area contributed by atoms with E-state index in [1.165, 1.54) is 0 Å². The number of para-hydroxylation sites is 1. The van der Waals surface area contributed by atoms with E-state index in [1.54, 1.807) is 23.1 Å². The lowest BCUT2D eigenvalue weighted by molar-refractivity contribution is -0.130. The smallest absolute Gasteiger partial charge is 0.319 e. The molecule has 0 saturated carbocycles. The van der Waals surface area contributed by atoms with Crippen LogP contribution < -0.4 is 10.6 Å². The van der Waals surface area contributed by atoms with Crippen LogP contribution in [0.25, 0.3) is 0 Å². The zero-order valence-corrected chi connectivity index (χ0v) is 13.4. The first-order chi connectivity index (χ1) is 11.7. The Kier molecular flexibility index (Phi) is 6.58. The SMILES string of the molecule is C=CCN(Cc1ccccc1)C(=O)CNC(=O)Nc1ccccc1. The maximum absolute atomic E-state index is 12.3. The van der Waals surface area contributed by atoms with Crippen LogP contribution in [-0.2, 0) is 11.3 Å². The van der Waals surface area contributed by atoms with Gasteiger partial charge in [-0.3, -0.25) is 4.79 Å². The first-order valence-electron chi connectivity index (χ1n) is 7.71. The zero-order chi connectivity index (χ0) is 17.2. The van der Waals surface area contributed by atoms with Gasteiger partial charge < -0.3 is 15.5 Å². The molecule has 0 heterocycles. The van der Waals surface area contributed by atoms with Crippen molar-refractivity contribution in [1.82, 2.24) is 10.2 Å². The molecular formula is C19H21N3O2. The van der Waals surface area contributed by atoms with Gasteiger partial charge in [0.15, 0.2) is 0 Å². The lowest BCUT2D eigenvalue weighted by Gasteiger charge is -2.21. The van der Waals surface area contributed by atoms with Crippen molar-refractivity contribution >= 4 is 17.6 Å². The van der Waals surface area contributed by atoms with Gasteiger partial charge in [-0.15, -0.1) is 6.58 Å². The highest BCUT2D eigenvalue weighted by atomic mass is 16.2. The van der Waals surface area contributed by atoms with E-state index in [4.69, 9.17) is 0 Å². The van der Waals surface area contributed by atoms with Gasteiger partial charge in [-0.05, 0) is 17.7 Å². The van der Waals surface area contributed by atoms with Gasteiger partial charge >= 0.3 is 6.03 Å². The van der Waals surface area contributed by atoms with Crippen LogP contribution in [-0.4, -0.2) is 29.9 Å². The lowest BCUT2D eigenvalue weighted by Crippen LogP contribution is -2.41. The number of benzene rings is 2. The molecule has 5 heteroatoms. The first-order valence-corrected chi connectivity index (χ1v) is 7.71. The van der Waals surface area contributed by atoms with Crippen LogP contribution in [0.5, 0.6) is 0 Å². The first kappa shape index (κ1) is 17.3. The molecule has 24 heavy (non-hydrogen) atoms. The number of carbonyl (C=O) groups excluding carboxylic acids is 2. The number of nitrogens with zero attached hydrogens (tertiary/aromatic N) is 1. The minimum atomic E-state index is -0.409. The minimum absolute atomic E-state index is 0.0701. The van der Waals surface area contributed by atoms with E-state index in [2.05, 4.69) is 17.2 Å². The predicted octanol–water partition coefficient (Wildman–Crippen LogP) is 3.02. The van der Waals surface area contributed by atoms with Crippen LogP contribution in [0.2, 0.25) is 0 Å². The number of amides is 3. The molecule has 0 aliphatic carbocycles. The Morgan fingerprint density at radius 2 is 1.62 bits per heavy atom. The van der Waals surface area contributed by atoms with Crippen molar-refractivity contribution in [2.75, 3.05) is 18.4 Å². The van der Waals surface area contributed by atoms with Crippen LogP contribution in [0.1, 0.15) is 5.56 Å². The van der Waals surface area contributed by atoms with Crippen LogP contribution in [0, 0.1) is 0 Å². The number of carbonyl (C=O) groups is 2. The van der Waals surface area contributed by atoms with Crippen LogP contribution in [0.15, 0.2) is 73.3 Å². The molecule has 0 aliphatic rings. The molecule has 0 radical (unpaired) electrons. The molecule has 0 aliphatic heterocycles. The maximum atomic E-state index is 12.3. The van der Waals surface area contributed by atoms with Crippen molar-refractivity contribution in [2.45, 2.75) is 6.54 Å². The van der Waals surface area contributed by atoms with Gasteiger partial charge in [0.05, 0.1) is 6.54 Å².